The Bertz CT molecular complexity index is 1060. The van der Waals surface area contributed by atoms with Crippen molar-refractivity contribution in [1.29, 1.82) is 0 Å². The number of hydrogen-bond donors (Lipinski definition) is 2. The smallest absolute Gasteiger partial charge is 0.317 e. The van der Waals surface area contributed by atoms with E-state index >= 15 is 0 Å². The number of carbonyl (C=O) groups is 2. The number of fused-ring (bicyclic) bond motifs is 2. The first-order valence-electron chi connectivity index (χ1n) is 12.6. The number of carbonyl (C=O) groups excluding carboxylic acids is 2. The number of aromatic nitrogens is 1. The third kappa shape index (κ3) is 6.24. The van der Waals surface area contributed by atoms with Crippen molar-refractivity contribution in [3.8, 4) is 0 Å². The molecule has 188 valence electrons. The number of urea groups is 1. The molecule has 0 saturated carbocycles. The monoisotopic (exact) mass is 479 g/mol. The molecule has 3 heterocycles. The van der Waals surface area contributed by atoms with E-state index in [9.17, 15) is 9.59 Å². The maximum atomic E-state index is 13.1. The largest absolute Gasteiger partial charge is 0.469 e. The molecule has 0 fully saturated rings. The third-order valence-corrected chi connectivity index (χ3v) is 6.96. The highest BCUT2D eigenvalue weighted by Crippen LogP contribution is 2.33. The van der Waals surface area contributed by atoms with E-state index in [2.05, 4.69) is 45.9 Å². The number of nitrogens with zero attached hydrogens (tertiary/aromatic N) is 3. The minimum absolute atomic E-state index is 0.0372. The molecule has 0 aliphatic carbocycles. The van der Waals surface area contributed by atoms with Crippen LogP contribution in [0.25, 0.3) is 0 Å². The fraction of sp³-hybridized carbons (Fsp3) is 0.519. The number of aryl methyl sites for hydroxylation is 2. The van der Waals surface area contributed by atoms with Crippen molar-refractivity contribution < 1.29 is 14.3 Å². The van der Waals surface area contributed by atoms with Crippen molar-refractivity contribution in [3.05, 3.63) is 52.7 Å². The minimum atomic E-state index is -0.221. The van der Waals surface area contributed by atoms with Gasteiger partial charge in [0.05, 0.1) is 13.5 Å². The van der Waals surface area contributed by atoms with Crippen LogP contribution >= 0.6 is 0 Å². The first-order valence-corrected chi connectivity index (χ1v) is 12.6. The Morgan fingerprint density at radius 2 is 2.09 bits per heavy atom. The zero-order chi connectivity index (χ0) is 24.8. The summed E-state index contributed by atoms with van der Waals surface area (Å²) in [5, 5.41) is 6.47. The predicted octanol–water partition coefficient (Wildman–Crippen LogP) is 3.70. The van der Waals surface area contributed by atoms with Gasteiger partial charge in [-0.3, -0.25) is 4.79 Å². The van der Waals surface area contributed by atoms with Crippen molar-refractivity contribution in [1.82, 2.24) is 15.2 Å². The Hall–Kier alpha value is -3.29. The van der Waals surface area contributed by atoms with Crippen molar-refractivity contribution in [3.63, 3.8) is 0 Å². The van der Waals surface area contributed by atoms with Gasteiger partial charge in [0, 0.05) is 51.7 Å². The molecule has 0 bridgehead atoms. The SMILES string of the molecule is COC(=O)CC1CCN(C(=O)NCCCc2ccc3c(n2)NCCC3)Cc2cc(N(C)C)ccc21. The lowest BCUT2D eigenvalue weighted by atomic mass is 9.89. The Morgan fingerprint density at radius 1 is 1.23 bits per heavy atom. The van der Waals surface area contributed by atoms with E-state index in [-0.39, 0.29) is 17.9 Å². The molecule has 1 aromatic carbocycles. The van der Waals surface area contributed by atoms with Crippen LogP contribution in [0.4, 0.5) is 16.3 Å². The number of pyridine rings is 1. The van der Waals surface area contributed by atoms with Crippen LogP contribution in [0.1, 0.15) is 54.0 Å². The Morgan fingerprint density at radius 3 is 2.89 bits per heavy atom. The van der Waals surface area contributed by atoms with E-state index in [1.807, 2.05) is 19.0 Å². The Labute approximate surface area is 208 Å². The molecule has 2 N–H and O–H groups in total. The van der Waals surface area contributed by atoms with Gasteiger partial charge in [0.1, 0.15) is 5.82 Å². The maximum Gasteiger partial charge on any atom is 0.317 e. The van der Waals surface area contributed by atoms with Crippen molar-refractivity contribution in [2.75, 3.05) is 51.1 Å². The summed E-state index contributed by atoms with van der Waals surface area (Å²) in [4.78, 5) is 33.7. The summed E-state index contributed by atoms with van der Waals surface area (Å²) in [5.41, 5.74) is 5.64. The van der Waals surface area contributed by atoms with E-state index in [0.717, 1.165) is 67.0 Å². The minimum Gasteiger partial charge on any atom is -0.469 e. The van der Waals surface area contributed by atoms with Gasteiger partial charge in [-0.15, -0.1) is 0 Å². The van der Waals surface area contributed by atoms with E-state index < -0.39 is 0 Å². The first-order chi connectivity index (χ1) is 16.9. The van der Waals surface area contributed by atoms with Gasteiger partial charge in [0.15, 0.2) is 0 Å². The molecule has 0 spiro atoms. The summed E-state index contributed by atoms with van der Waals surface area (Å²) in [6, 6.07) is 10.5. The van der Waals surface area contributed by atoms with Gasteiger partial charge in [-0.05, 0) is 72.9 Å². The normalized spacial score (nSPS) is 16.9. The topological polar surface area (TPSA) is 86.8 Å². The van der Waals surface area contributed by atoms with Crippen LogP contribution in [-0.4, -0.2) is 62.7 Å². The quantitative estimate of drug-likeness (QED) is 0.465. The number of rotatable bonds is 7. The first kappa shape index (κ1) is 24.8. The number of methoxy groups -OCH3 is 1. The van der Waals surface area contributed by atoms with Gasteiger partial charge in [-0.1, -0.05) is 12.1 Å². The second-order valence-corrected chi connectivity index (χ2v) is 9.64. The van der Waals surface area contributed by atoms with Gasteiger partial charge in [-0.25, -0.2) is 9.78 Å². The lowest BCUT2D eigenvalue weighted by molar-refractivity contribution is -0.141. The molecular formula is C27H37N5O3. The van der Waals surface area contributed by atoms with Crippen LogP contribution < -0.4 is 15.5 Å². The third-order valence-electron chi connectivity index (χ3n) is 6.96. The zero-order valence-corrected chi connectivity index (χ0v) is 21.1. The van der Waals surface area contributed by atoms with E-state index in [1.165, 1.54) is 12.7 Å². The predicted molar refractivity (Wildman–Crippen MR) is 138 cm³/mol. The summed E-state index contributed by atoms with van der Waals surface area (Å²) in [6.45, 7) is 2.70. The lowest BCUT2D eigenvalue weighted by Crippen LogP contribution is -2.40. The Balaban J connectivity index is 1.36. The molecule has 2 aliphatic heterocycles. The summed E-state index contributed by atoms with van der Waals surface area (Å²) in [5.74, 6) is 0.830. The van der Waals surface area contributed by atoms with Gasteiger partial charge in [-0.2, -0.15) is 0 Å². The number of benzene rings is 1. The number of ether oxygens (including phenoxy) is 1. The van der Waals surface area contributed by atoms with Gasteiger partial charge < -0.3 is 25.2 Å². The summed E-state index contributed by atoms with van der Waals surface area (Å²) >= 11 is 0. The molecule has 0 radical (unpaired) electrons. The average molecular weight is 480 g/mol. The molecular weight excluding hydrogens is 442 g/mol. The molecule has 8 heteroatoms. The van der Waals surface area contributed by atoms with Crippen molar-refractivity contribution >= 4 is 23.5 Å². The number of esters is 1. The second-order valence-electron chi connectivity index (χ2n) is 9.64. The summed E-state index contributed by atoms with van der Waals surface area (Å²) in [6.07, 6.45) is 4.94. The van der Waals surface area contributed by atoms with Gasteiger partial charge in [0.2, 0.25) is 0 Å². The standard InChI is InChI=1S/C27H37N5O3/c1-31(2)23-10-11-24-20(17-25(33)35-3)12-15-32(18-21(24)16-23)27(34)29-14-5-7-22-9-8-19-6-4-13-28-26(19)30-22/h8-11,16,20H,4-7,12-15,17-18H2,1-3H3,(H,28,30)(H,29,34). The van der Waals surface area contributed by atoms with Crippen LogP contribution in [0.3, 0.4) is 0 Å². The fourth-order valence-electron chi connectivity index (χ4n) is 4.91. The fourth-order valence-corrected chi connectivity index (χ4v) is 4.91. The molecule has 35 heavy (non-hydrogen) atoms. The molecule has 0 saturated heterocycles. The van der Waals surface area contributed by atoms with Gasteiger partial charge >= 0.3 is 12.0 Å². The number of anilines is 2. The van der Waals surface area contributed by atoms with Gasteiger partial charge in [0.25, 0.3) is 0 Å². The van der Waals surface area contributed by atoms with Crippen LogP contribution in [0.5, 0.6) is 0 Å². The highest BCUT2D eigenvalue weighted by Gasteiger charge is 2.27. The Kier molecular flexibility index (Phi) is 8.10. The van der Waals surface area contributed by atoms with Crippen LogP contribution in [0, 0.1) is 0 Å². The molecule has 8 nitrogen and oxygen atoms in total. The van der Waals surface area contributed by atoms with Crippen LogP contribution in [-0.2, 0) is 28.9 Å². The molecule has 1 atom stereocenters. The molecule has 2 aromatic rings. The number of nitrogens with one attached hydrogen (secondary N) is 2. The highest BCUT2D eigenvalue weighted by molar-refractivity contribution is 5.75. The molecule has 2 amide bonds. The molecule has 2 aliphatic rings. The van der Waals surface area contributed by atoms with E-state index in [1.54, 1.807) is 0 Å². The summed E-state index contributed by atoms with van der Waals surface area (Å²) in [7, 11) is 5.43. The number of hydrogen-bond acceptors (Lipinski definition) is 6. The molecule has 1 unspecified atom stereocenters. The highest BCUT2D eigenvalue weighted by atomic mass is 16.5. The molecule has 4 rings (SSSR count). The van der Waals surface area contributed by atoms with E-state index in [4.69, 9.17) is 9.72 Å². The van der Waals surface area contributed by atoms with E-state index in [0.29, 0.717) is 26.1 Å². The van der Waals surface area contributed by atoms with Crippen LogP contribution in [0.15, 0.2) is 30.3 Å². The average Bonchev–Trinajstić information content (AvgIpc) is 3.05. The number of amides is 2. The van der Waals surface area contributed by atoms with Crippen molar-refractivity contribution in [2.45, 2.75) is 51.0 Å². The zero-order valence-electron chi connectivity index (χ0n) is 21.1. The second kappa shape index (κ2) is 11.4. The van der Waals surface area contributed by atoms with Crippen molar-refractivity contribution in [2.24, 2.45) is 0 Å². The summed E-state index contributed by atoms with van der Waals surface area (Å²) < 4.78 is 4.93. The molecule has 1 aromatic heterocycles. The van der Waals surface area contributed by atoms with Crippen LogP contribution in [0.2, 0.25) is 0 Å². The lowest BCUT2D eigenvalue weighted by Gasteiger charge is -2.22. The maximum absolute atomic E-state index is 13.1.